The highest BCUT2D eigenvalue weighted by Gasteiger charge is 2.44. The number of piperidine rings is 1. The van der Waals surface area contributed by atoms with E-state index >= 15 is 0 Å². The molecule has 1 rings (SSSR count). The van der Waals surface area contributed by atoms with Crippen LogP contribution in [0.2, 0.25) is 0 Å². The number of carbonyl (C=O) groups is 1. The molecule has 0 aromatic rings. The first-order chi connectivity index (χ1) is 13.8. The van der Waals surface area contributed by atoms with Crippen LogP contribution >= 0.6 is 0 Å². The zero-order valence-electron chi connectivity index (χ0n) is 20.7. The van der Waals surface area contributed by atoms with Gasteiger partial charge in [0.15, 0.2) is 5.78 Å². The van der Waals surface area contributed by atoms with Gasteiger partial charge in [0.25, 0.3) is 0 Å². The standard InChI is InChI=1S/C27H53NO/c1-6-7-8-9-10-11-12-13-14-15-16-17-18-19-20-21-22-24-23-26(2,3)28-27(4,5)25(24)29/h24,28H,6-23H2,1-5H3. The van der Waals surface area contributed by atoms with Crippen molar-refractivity contribution >= 4 is 5.78 Å². The molecule has 0 aromatic carbocycles. The Hall–Kier alpha value is -0.370. The Labute approximate surface area is 183 Å². The molecule has 1 fully saturated rings. The third-order valence-corrected chi connectivity index (χ3v) is 6.80. The fourth-order valence-corrected chi connectivity index (χ4v) is 5.35. The zero-order chi connectivity index (χ0) is 21.6. The van der Waals surface area contributed by atoms with Crippen molar-refractivity contribution in [1.29, 1.82) is 0 Å². The molecule has 0 saturated carbocycles. The summed E-state index contributed by atoms with van der Waals surface area (Å²) in [7, 11) is 0. The molecule has 172 valence electrons. The molecule has 2 nitrogen and oxygen atoms in total. The minimum atomic E-state index is -0.360. The molecule has 1 N–H and O–H groups in total. The summed E-state index contributed by atoms with van der Waals surface area (Å²) >= 11 is 0. The first kappa shape index (κ1) is 26.7. The van der Waals surface area contributed by atoms with E-state index in [1.165, 1.54) is 103 Å². The minimum Gasteiger partial charge on any atom is -0.300 e. The van der Waals surface area contributed by atoms with E-state index in [2.05, 4.69) is 39.9 Å². The molecule has 0 bridgehead atoms. The summed E-state index contributed by atoms with van der Waals surface area (Å²) in [5, 5.41) is 3.52. The lowest BCUT2D eigenvalue weighted by Gasteiger charge is -2.45. The minimum absolute atomic E-state index is 0.0805. The Kier molecular flexibility index (Phi) is 13.4. The van der Waals surface area contributed by atoms with Crippen molar-refractivity contribution in [1.82, 2.24) is 5.32 Å². The first-order valence-corrected chi connectivity index (χ1v) is 13.1. The largest absolute Gasteiger partial charge is 0.300 e. The van der Waals surface area contributed by atoms with Crippen LogP contribution in [0.15, 0.2) is 0 Å². The van der Waals surface area contributed by atoms with Gasteiger partial charge in [-0.3, -0.25) is 4.79 Å². The molecule has 1 saturated heterocycles. The van der Waals surface area contributed by atoms with Gasteiger partial charge in [-0.2, -0.15) is 0 Å². The van der Waals surface area contributed by atoms with Crippen molar-refractivity contribution < 1.29 is 4.79 Å². The smallest absolute Gasteiger partial charge is 0.155 e. The predicted octanol–water partition coefficient (Wildman–Crippen LogP) is 8.37. The van der Waals surface area contributed by atoms with Crippen molar-refractivity contribution in [3.05, 3.63) is 0 Å². The number of carbonyl (C=O) groups excluding carboxylic acids is 1. The average molecular weight is 408 g/mol. The van der Waals surface area contributed by atoms with E-state index in [-0.39, 0.29) is 17.0 Å². The average Bonchev–Trinajstić information content (AvgIpc) is 2.64. The quantitative estimate of drug-likeness (QED) is 0.245. The normalized spacial score (nSPS) is 20.9. The van der Waals surface area contributed by atoms with Crippen LogP contribution in [-0.4, -0.2) is 16.9 Å². The van der Waals surface area contributed by atoms with Gasteiger partial charge in [-0.25, -0.2) is 0 Å². The fourth-order valence-electron chi connectivity index (χ4n) is 5.35. The first-order valence-electron chi connectivity index (χ1n) is 13.1. The molecule has 0 aliphatic carbocycles. The number of Topliss-reactive ketones (excluding diaryl/α,β-unsaturated/α-hetero) is 1. The van der Waals surface area contributed by atoms with Gasteiger partial charge in [0, 0.05) is 11.5 Å². The van der Waals surface area contributed by atoms with E-state index < -0.39 is 0 Å². The van der Waals surface area contributed by atoms with Gasteiger partial charge in [-0.05, 0) is 40.5 Å². The molecule has 1 aliphatic rings. The van der Waals surface area contributed by atoms with Crippen molar-refractivity contribution in [2.24, 2.45) is 5.92 Å². The topological polar surface area (TPSA) is 29.1 Å². The van der Waals surface area contributed by atoms with Gasteiger partial charge in [0.1, 0.15) is 0 Å². The van der Waals surface area contributed by atoms with E-state index in [9.17, 15) is 4.79 Å². The highest BCUT2D eigenvalue weighted by atomic mass is 16.1. The maximum atomic E-state index is 12.7. The molecule has 0 amide bonds. The van der Waals surface area contributed by atoms with Gasteiger partial charge in [-0.15, -0.1) is 0 Å². The molecule has 0 spiro atoms. The maximum Gasteiger partial charge on any atom is 0.155 e. The van der Waals surface area contributed by atoms with Crippen LogP contribution in [0.25, 0.3) is 0 Å². The second-order valence-electron chi connectivity index (χ2n) is 11.0. The number of nitrogens with one attached hydrogen (secondary N) is 1. The van der Waals surface area contributed by atoms with Crippen molar-refractivity contribution in [2.45, 2.75) is 161 Å². The number of hydrogen-bond donors (Lipinski definition) is 1. The molecule has 2 heteroatoms. The van der Waals surface area contributed by atoms with Gasteiger partial charge in [0.05, 0.1) is 5.54 Å². The van der Waals surface area contributed by atoms with Crippen LogP contribution in [-0.2, 0) is 4.79 Å². The van der Waals surface area contributed by atoms with Gasteiger partial charge >= 0.3 is 0 Å². The Balaban J connectivity index is 1.91. The Morgan fingerprint density at radius 3 is 1.48 bits per heavy atom. The van der Waals surface area contributed by atoms with Gasteiger partial charge in [-0.1, -0.05) is 110 Å². The lowest BCUT2D eigenvalue weighted by atomic mass is 9.73. The summed E-state index contributed by atoms with van der Waals surface area (Å²) in [6.07, 6.45) is 24.5. The Morgan fingerprint density at radius 2 is 1.07 bits per heavy atom. The van der Waals surface area contributed by atoms with Crippen molar-refractivity contribution in [3.8, 4) is 0 Å². The molecule has 0 aromatic heterocycles. The summed E-state index contributed by atoms with van der Waals surface area (Å²) in [6, 6.07) is 0. The summed E-state index contributed by atoms with van der Waals surface area (Å²) in [5.41, 5.74) is -0.279. The van der Waals surface area contributed by atoms with Crippen LogP contribution < -0.4 is 5.32 Å². The molecule has 1 atom stereocenters. The molecular weight excluding hydrogens is 354 g/mol. The molecule has 1 heterocycles. The molecular formula is C27H53NO. The Morgan fingerprint density at radius 1 is 0.690 bits per heavy atom. The highest BCUT2D eigenvalue weighted by molar-refractivity contribution is 5.90. The van der Waals surface area contributed by atoms with Gasteiger partial charge in [0.2, 0.25) is 0 Å². The lowest BCUT2D eigenvalue weighted by molar-refractivity contribution is -0.133. The number of unbranched alkanes of at least 4 members (excludes halogenated alkanes) is 15. The number of rotatable bonds is 17. The fraction of sp³-hybridized carbons (Fsp3) is 0.963. The summed E-state index contributed by atoms with van der Waals surface area (Å²) in [5.74, 6) is 0.686. The molecule has 0 radical (unpaired) electrons. The van der Waals surface area contributed by atoms with Crippen LogP contribution in [0.5, 0.6) is 0 Å². The van der Waals surface area contributed by atoms with Crippen LogP contribution in [0, 0.1) is 5.92 Å². The SMILES string of the molecule is CCCCCCCCCCCCCCCCCCC1CC(C)(C)NC(C)(C)C1=O. The maximum absolute atomic E-state index is 12.7. The summed E-state index contributed by atoms with van der Waals surface area (Å²) in [4.78, 5) is 12.7. The van der Waals surface area contributed by atoms with Crippen LogP contribution in [0.4, 0.5) is 0 Å². The van der Waals surface area contributed by atoms with E-state index in [1.54, 1.807) is 0 Å². The van der Waals surface area contributed by atoms with Crippen molar-refractivity contribution in [2.75, 3.05) is 0 Å². The lowest BCUT2D eigenvalue weighted by Crippen LogP contribution is -2.63. The molecule has 1 unspecified atom stereocenters. The van der Waals surface area contributed by atoms with Gasteiger partial charge < -0.3 is 5.32 Å². The van der Waals surface area contributed by atoms with Crippen LogP contribution in [0.3, 0.4) is 0 Å². The predicted molar refractivity (Wildman–Crippen MR) is 129 cm³/mol. The monoisotopic (exact) mass is 407 g/mol. The molecule has 1 aliphatic heterocycles. The van der Waals surface area contributed by atoms with E-state index in [4.69, 9.17) is 0 Å². The third kappa shape index (κ3) is 12.2. The second-order valence-corrected chi connectivity index (χ2v) is 11.0. The summed E-state index contributed by atoms with van der Waals surface area (Å²) in [6.45, 7) is 10.9. The number of ketones is 1. The second kappa shape index (κ2) is 14.6. The van der Waals surface area contributed by atoms with E-state index in [0.717, 1.165) is 12.8 Å². The Bertz CT molecular complexity index is 426. The highest BCUT2D eigenvalue weighted by Crippen LogP contribution is 2.33. The summed E-state index contributed by atoms with van der Waals surface area (Å²) < 4.78 is 0. The number of hydrogen-bond acceptors (Lipinski definition) is 2. The van der Waals surface area contributed by atoms with E-state index in [0.29, 0.717) is 5.78 Å². The van der Waals surface area contributed by atoms with E-state index in [1.807, 2.05) is 0 Å². The third-order valence-electron chi connectivity index (χ3n) is 6.80. The molecule has 29 heavy (non-hydrogen) atoms. The van der Waals surface area contributed by atoms with Crippen LogP contribution in [0.1, 0.15) is 150 Å². The zero-order valence-corrected chi connectivity index (χ0v) is 20.7. The van der Waals surface area contributed by atoms with Crippen molar-refractivity contribution in [3.63, 3.8) is 0 Å².